The molecular weight excluding hydrogens is 1790 g/mol. The van der Waals surface area contributed by atoms with E-state index in [0.717, 1.165) is 77.5 Å². The van der Waals surface area contributed by atoms with Gasteiger partial charge in [-0.3, -0.25) is 0 Å². The smallest absolute Gasteiger partial charge is 0.0526 e. The average molecular weight is 1980 g/mol. The molecule has 0 saturated carbocycles. The lowest BCUT2D eigenvalue weighted by Gasteiger charge is -2.12. The summed E-state index contributed by atoms with van der Waals surface area (Å²) in [4.78, 5) is 0. The number of aromatic nitrogens is 4. The Balaban J connectivity index is 0.000000317. The number of fused-ring (bicyclic) bond motifs is 24. The first kappa shape index (κ1) is 125. The summed E-state index contributed by atoms with van der Waals surface area (Å²) >= 11 is 0. The Morgan fingerprint density at radius 2 is 0.399 bits per heavy atom. The van der Waals surface area contributed by atoms with Crippen molar-refractivity contribution in [2.75, 3.05) is 0 Å². The molecule has 0 N–H and O–H groups in total. The van der Waals surface area contributed by atoms with Crippen LogP contribution in [0.1, 0.15) is 338 Å². The van der Waals surface area contributed by atoms with Gasteiger partial charge in [-0.25, -0.2) is 0 Å². The fourth-order valence-electron chi connectivity index (χ4n) is 20.1. The molecule has 0 radical (unpaired) electrons. The highest BCUT2D eigenvalue weighted by Gasteiger charge is 2.25. The lowest BCUT2D eigenvalue weighted by Crippen LogP contribution is -2.01. The van der Waals surface area contributed by atoms with Crippen LogP contribution in [0.3, 0.4) is 0 Å². The van der Waals surface area contributed by atoms with Gasteiger partial charge in [-0.1, -0.05) is 516 Å². The van der Waals surface area contributed by atoms with Gasteiger partial charge in [0.25, 0.3) is 0 Å². The maximum absolute atomic E-state index is 2.52. The highest BCUT2D eigenvalue weighted by atomic mass is 15.0. The zero-order valence-electron chi connectivity index (χ0n) is 98.6. The molecule has 4 heteroatoms. The van der Waals surface area contributed by atoms with E-state index in [1.807, 2.05) is 222 Å². The van der Waals surface area contributed by atoms with Crippen molar-refractivity contribution < 1.29 is 0 Å². The van der Waals surface area contributed by atoms with Crippen molar-refractivity contribution in [1.29, 1.82) is 0 Å². The van der Waals surface area contributed by atoms with Crippen LogP contribution >= 0.6 is 0 Å². The standard InChI is InChI=1S/4C28H23N.16C2H6/c1-2-20-9-7-12-25-24-11-5-6-13-27(24)29(28(20)25)18-19-14-15-22-17-21-8-3-4-10-23(21)26(22)16-19;1-2-20-9-7-13-27-28(20)24-11-5-6-12-26(24)29(27)18-19-14-15-22-17-21-8-3-4-10-23(21)25(22)16-19;1-2-19-12-14-25-24-9-5-6-10-27(24)29(28(25)16-19)18-20-11-13-22-17-21-7-3-4-8-23(21)26(22)15-20;1-2-19-12-14-28-26(15-19)24-9-5-6-10-27(24)29(28)18-20-11-13-22-17-21-7-3-4-8-23(21)25(22)16-20;16*1-2/h4*3-16H,2,17-18H2,1H3;16*1-2H3. The van der Waals surface area contributed by atoms with E-state index < -0.39 is 0 Å². The number of hydrogen-bond acceptors (Lipinski definition) is 0. The van der Waals surface area contributed by atoms with Gasteiger partial charge in [-0.15, -0.1) is 0 Å². The highest BCUT2D eigenvalue weighted by molar-refractivity contribution is 6.12. The predicted molar refractivity (Wildman–Crippen MR) is 672 cm³/mol. The molecule has 0 saturated heterocycles. The molecule has 24 rings (SSSR count). The number of benzene rings is 16. The molecule has 148 heavy (non-hydrogen) atoms. The first-order valence-electron chi connectivity index (χ1n) is 58.1. The average Bonchev–Trinajstić information content (AvgIpc) is 1.62. The second-order valence-electron chi connectivity index (χ2n) is 32.5. The Kier molecular flexibility index (Phi) is 57.1. The summed E-state index contributed by atoms with van der Waals surface area (Å²) in [5, 5.41) is 10.9. The van der Waals surface area contributed by atoms with Crippen molar-refractivity contribution in [1.82, 2.24) is 18.3 Å². The molecule has 0 spiro atoms. The third kappa shape index (κ3) is 28.4. The van der Waals surface area contributed by atoms with Crippen molar-refractivity contribution in [3.63, 3.8) is 0 Å². The molecule has 784 valence electrons. The lowest BCUT2D eigenvalue weighted by molar-refractivity contribution is 0.862. The summed E-state index contributed by atoms with van der Waals surface area (Å²) in [6.07, 6.45) is 8.46. The molecule has 0 aliphatic heterocycles. The monoisotopic (exact) mass is 1970 g/mol. The van der Waals surface area contributed by atoms with Crippen LogP contribution in [0.25, 0.3) is 132 Å². The van der Waals surface area contributed by atoms with Gasteiger partial charge in [0, 0.05) is 108 Å². The third-order valence-corrected chi connectivity index (χ3v) is 25.8. The topological polar surface area (TPSA) is 19.7 Å². The van der Waals surface area contributed by atoms with Crippen LogP contribution in [0, 0.1) is 0 Å². The van der Waals surface area contributed by atoms with Crippen molar-refractivity contribution in [3.8, 4) is 44.5 Å². The van der Waals surface area contributed by atoms with Crippen LogP contribution in [-0.2, 0) is 77.5 Å². The van der Waals surface area contributed by atoms with Crippen LogP contribution in [0.5, 0.6) is 0 Å². The van der Waals surface area contributed by atoms with E-state index in [9.17, 15) is 0 Å². The van der Waals surface area contributed by atoms with Crippen LogP contribution in [0.4, 0.5) is 0 Å². The Morgan fingerprint density at radius 3 is 0.770 bits per heavy atom. The molecule has 0 amide bonds. The van der Waals surface area contributed by atoms with E-state index in [-0.39, 0.29) is 0 Å². The first-order valence-corrected chi connectivity index (χ1v) is 58.1. The largest absolute Gasteiger partial charge is 0.336 e. The molecule has 0 unspecified atom stereocenters. The molecule has 4 nitrogen and oxygen atoms in total. The van der Waals surface area contributed by atoms with Gasteiger partial charge in [0.05, 0.1) is 5.52 Å². The molecule has 0 fully saturated rings. The van der Waals surface area contributed by atoms with E-state index in [2.05, 4.69) is 386 Å². The highest BCUT2D eigenvalue weighted by Crippen LogP contribution is 2.44. The number of para-hydroxylation sites is 5. The summed E-state index contributed by atoms with van der Waals surface area (Å²) in [7, 11) is 0. The summed E-state index contributed by atoms with van der Waals surface area (Å²) in [5.74, 6) is 0. The second kappa shape index (κ2) is 67.6. The quantitative estimate of drug-likeness (QED) is 0.116. The third-order valence-electron chi connectivity index (χ3n) is 25.8. The lowest BCUT2D eigenvalue weighted by atomic mass is 10.0. The Morgan fingerprint density at radius 1 is 0.155 bits per heavy atom. The second-order valence-corrected chi connectivity index (χ2v) is 32.5. The minimum absolute atomic E-state index is 0.894. The first-order chi connectivity index (χ1) is 73.3. The molecule has 20 aromatic rings. The summed E-state index contributed by atoms with van der Waals surface area (Å²) in [6, 6.07) is 126. The maximum Gasteiger partial charge on any atom is 0.0526 e. The van der Waals surface area contributed by atoms with E-state index >= 15 is 0 Å². The van der Waals surface area contributed by atoms with Gasteiger partial charge in [0.15, 0.2) is 0 Å². The SMILES string of the molecule is CC.CC.CC.CC.CC.CC.CC.CC.CC.CC.CC.CC.CC.CC.CC.CC.CCc1ccc2c(c1)c1ccccc1n2Cc1ccc2c(c1)-c1ccccc1C2.CCc1ccc2c3ccccc3n(Cc3ccc4c(c3)-c3ccccc3C4)c2c1.CCc1cccc2c1c1ccccc1n2Cc1ccc2c(c1)-c1ccccc1C2.CCc1cccc2c3ccccc3n(Cc3ccc4c(c3)-c3ccccc3C4)c12. The van der Waals surface area contributed by atoms with Gasteiger partial charge in [0.1, 0.15) is 0 Å². The number of rotatable bonds is 12. The molecule has 4 heterocycles. The summed E-state index contributed by atoms with van der Waals surface area (Å²) in [5.41, 5.74) is 44.6. The fourth-order valence-corrected chi connectivity index (χ4v) is 20.1. The number of nitrogens with zero attached hydrogens (tertiary/aromatic N) is 4. The van der Waals surface area contributed by atoms with Crippen molar-refractivity contribution in [3.05, 3.63) is 429 Å². The van der Waals surface area contributed by atoms with Crippen LogP contribution < -0.4 is 0 Å². The molecule has 0 bridgehead atoms. The molecule has 0 atom stereocenters. The van der Waals surface area contributed by atoms with Crippen LogP contribution in [0.15, 0.2) is 340 Å². The number of hydrogen-bond donors (Lipinski definition) is 0. The minimum atomic E-state index is 0.894. The summed E-state index contributed by atoms with van der Waals surface area (Å²) < 4.78 is 9.98. The Labute approximate surface area is 899 Å². The van der Waals surface area contributed by atoms with E-state index in [1.165, 1.54) is 221 Å². The van der Waals surface area contributed by atoms with Crippen molar-refractivity contribution >= 4 is 87.2 Å². The zero-order valence-corrected chi connectivity index (χ0v) is 98.6. The maximum atomic E-state index is 2.52. The summed E-state index contributed by atoms with van der Waals surface area (Å²) in [6.45, 7) is 76.5. The molecule has 4 aromatic heterocycles. The van der Waals surface area contributed by atoms with Gasteiger partial charge in [0.2, 0.25) is 0 Å². The van der Waals surface area contributed by atoms with Gasteiger partial charge in [-0.2, -0.15) is 0 Å². The van der Waals surface area contributed by atoms with E-state index in [4.69, 9.17) is 0 Å². The minimum Gasteiger partial charge on any atom is -0.336 e. The van der Waals surface area contributed by atoms with Crippen LogP contribution in [-0.4, -0.2) is 18.3 Å². The molecule has 16 aromatic carbocycles. The predicted octanol–water partition coefficient (Wildman–Crippen LogP) is 44.3. The van der Waals surface area contributed by atoms with Crippen molar-refractivity contribution in [2.45, 2.75) is 327 Å². The Hall–Kier alpha value is -13.3. The fraction of sp³-hybridized carbons (Fsp3) is 0.333. The van der Waals surface area contributed by atoms with Crippen LogP contribution in [0.2, 0.25) is 0 Å². The number of aryl methyl sites for hydroxylation is 4. The normalized spacial score (nSPS) is 10.4. The van der Waals surface area contributed by atoms with Gasteiger partial charge < -0.3 is 18.3 Å². The van der Waals surface area contributed by atoms with Gasteiger partial charge in [-0.05, 0) is 258 Å². The van der Waals surface area contributed by atoms with Gasteiger partial charge >= 0.3 is 0 Å². The van der Waals surface area contributed by atoms with E-state index in [1.54, 1.807) is 0 Å². The molecule has 4 aliphatic carbocycles. The molecular formula is C144H188N4. The molecule has 4 aliphatic rings. The Bertz CT molecular complexity index is 7160. The zero-order chi connectivity index (χ0) is 109. The van der Waals surface area contributed by atoms with Crippen molar-refractivity contribution in [2.24, 2.45) is 0 Å². The van der Waals surface area contributed by atoms with E-state index in [0.29, 0.717) is 0 Å².